The van der Waals surface area contributed by atoms with Gasteiger partial charge in [-0.1, -0.05) is 29.8 Å². The van der Waals surface area contributed by atoms with Crippen molar-refractivity contribution in [3.05, 3.63) is 34.9 Å². The zero-order valence-corrected chi connectivity index (χ0v) is 12.2. The molecule has 0 aromatic heterocycles. The van der Waals surface area contributed by atoms with E-state index >= 15 is 0 Å². The monoisotopic (exact) mass is 284 g/mol. The van der Waals surface area contributed by atoms with E-state index in [1.165, 1.54) is 0 Å². The average Bonchev–Trinajstić information content (AvgIpc) is 2.35. The number of nitrogens with zero attached hydrogens (tertiary/aromatic N) is 1. The van der Waals surface area contributed by atoms with Gasteiger partial charge in [0.05, 0.1) is 12.6 Å². The lowest BCUT2D eigenvalue weighted by molar-refractivity contribution is -0.122. The lowest BCUT2D eigenvalue weighted by Gasteiger charge is -2.17. The minimum absolute atomic E-state index is 0.0481. The Balaban J connectivity index is 2.30. The van der Waals surface area contributed by atoms with Crippen LogP contribution in [0.15, 0.2) is 24.3 Å². The summed E-state index contributed by atoms with van der Waals surface area (Å²) in [4.78, 5) is 13.6. The van der Waals surface area contributed by atoms with Gasteiger partial charge in [0.25, 0.3) is 0 Å². The smallest absolute Gasteiger partial charge is 0.234 e. The Bertz CT molecular complexity index is 410. The van der Waals surface area contributed by atoms with E-state index in [9.17, 15) is 9.90 Å². The molecule has 1 atom stereocenters. The number of amides is 1. The van der Waals surface area contributed by atoms with Crippen molar-refractivity contribution in [3.8, 4) is 0 Å². The SMILES string of the molecule is CC(O)CCN(C)CC(=O)NCc1ccccc1Cl. The molecule has 0 aliphatic carbocycles. The van der Waals surface area contributed by atoms with Crippen LogP contribution in [-0.4, -0.2) is 42.2 Å². The number of rotatable bonds is 7. The van der Waals surface area contributed by atoms with Crippen molar-refractivity contribution in [2.75, 3.05) is 20.1 Å². The molecule has 0 fully saturated rings. The number of halogens is 1. The van der Waals surface area contributed by atoms with Crippen molar-refractivity contribution >= 4 is 17.5 Å². The van der Waals surface area contributed by atoms with Crippen molar-refractivity contribution in [1.82, 2.24) is 10.2 Å². The Kier molecular flexibility index (Phi) is 6.84. The molecule has 1 amide bonds. The molecule has 0 aliphatic heterocycles. The molecular formula is C14H21ClN2O2. The van der Waals surface area contributed by atoms with E-state index in [2.05, 4.69) is 5.32 Å². The quantitative estimate of drug-likeness (QED) is 0.801. The van der Waals surface area contributed by atoms with E-state index in [0.29, 0.717) is 31.1 Å². The molecule has 0 radical (unpaired) electrons. The number of hydrogen-bond acceptors (Lipinski definition) is 3. The van der Waals surface area contributed by atoms with E-state index in [1.807, 2.05) is 30.1 Å². The van der Waals surface area contributed by atoms with Gasteiger partial charge in [0.1, 0.15) is 0 Å². The maximum Gasteiger partial charge on any atom is 0.234 e. The molecule has 0 spiro atoms. The number of likely N-dealkylation sites (N-methyl/N-ethyl adjacent to an activating group) is 1. The summed E-state index contributed by atoms with van der Waals surface area (Å²) >= 11 is 6.01. The molecule has 5 heteroatoms. The van der Waals surface area contributed by atoms with Gasteiger partial charge in [0.2, 0.25) is 5.91 Å². The number of aliphatic hydroxyl groups excluding tert-OH is 1. The second kappa shape index (κ2) is 8.15. The first kappa shape index (κ1) is 16.0. The second-order valence-electron chi connectivity index (χ2n) is 4.74. The minimum Gasteiger partial charge on any atom is -0.393 e. The summed E-state index contributed by atoms with van der Waals surface area (Å²) < 4.78 is 0. The fourth-order valence-electron chi connectivity index (χ4n) is 1.62. The predicted octanol–water partition coefficient (Wildman–Crippen LogP) is 1.66. The summed E-state index contributed by atoms with van der Waals surface area (Å²) in [6.07, 6.45) is 0.322. The largest absolute Gasteiger partial charge is 0.393 e. The van der Waals surface area contributed by atoms with Crippen molar-refractivity contribution in [2.24, 2.45) is 0 Å². The van der Waals surface area contributed by atoms with Gasteiger partial charge in [-0.25, -0.2) is 0 Å². The van der Waals surface area contributed by atoms with Gasteiger partial charge in [-0.15, -0.1) is 0 Å². The predicted molar refractivity (Wildman–Crippen MR) is 77.1 cm³/mol. The third-order valence-electron chi connectivity index (χ3n) is 2.78. The summed E-state index contributed by atoms with van der Waals surface area (Å²) in [5.74, 6) is -0.0481. The summed E-state index contributed by atoms with van der Waals surface area (Å²) in [5.41, 5.74) is 0.907. The van der Waals surface area contributed by atoms with Crippen LogP contribution in [0.4, 0.5) is 0 Å². The number of aliphatic hydroxyl groups is 1. The molecular weight excluding hydrogens is 264 g/mol. The highest BCUT2D eigenvalue weighted by Gasteiger charge is 2.08. The van der Waals surface area contributed by atoms with Crippen molar-refractivity contribution in [2.45, 2.75) is 26.0 Å². The highest BCUT2D eigenvalue weighted by molar-refractivity contribution is 6.31. The van der Waals surface area contributed by atoms with Crippen LogP contribution in [0.2, 0.25) is 5.02 Å². The zero-order chi connectivity index (χ0) is 14.3. The fraction of sp³-hybridized carbons (Fsp3) is 0.500. The van der Waals surface area contributed by atoms with Crippen molar-refractivity contribution in [1.29, 1.82) is 0 Å². The standard InChI is InChI=1S/C14H21ClN2O2/c1-11(18)7-8-17(2)10-14(19)16-9-12-5-3-4-6-13(12)15/h3-6,11,18H,7-10H2,1-2H3,(H,16,19). The number of hydrogen-bond donors (Lipinski definition) is 2. The molecule has 0 aliphatic rings. The summed E-state index contributed by atoms with van der Waals surface area (Å²) in [7, 11) is 1.86. The average molecular weight is 285 g/mol. The molecule has 0 bridgehead atoms. The van der Waals surface area contributed by atoms with Crippen LogP contribution in [0.3, 0.4) is 0 Å². The van der Waals surface area contributed by atoms with E-state index in [1.54, 1.807) is 13.0 Å². The van der Waals surface area contributed by atoms with Crippen LogP contribution >= 0.6 is 11.6 Å². The molecule has 1 aromatic carbocycles. The number of carbonyl (C=O) groups is 1. The Morgan fingerprint density at radius 1 is 1.47 bits per heavy atom. The van der Waals surface area contributed by atoms with Gasteiger partial charge in [-0.05, 0) is 32.0 Å². The van der Waals surface area contributed by atoms with E-state index in [4.69, 9.17) is 11.6 Å². The molecule has 4 nitrogen and oxygen atoms in total. The van der Waals surface area contributed by atoms with Crippen LogP contribution in [0.5, 0.6) is 0 Å². The Labute approximate surface area is 119 Å². The topological polar surface area (TPSA) is 52.6 Å². The Morgan fingerprint density at radius 2 is 2.16 bits per heavy atom. The maximum absolute atomic E-state index is 11.7. The van der Waals surface area contributed by atoms with Crippen LogP contribution < -0.4 is 5.32 Å². The summed E-state index contributed by atoms with van der Waals surface area (Å²) in [6, 6.07) is 7.44. The van der Waals surface area contributed by atoms with Crippen LogP contribution in [-0.2, 0) is 11.3 Å². The molecule has 19 heavy (non-hydrogen) atoms. The number of nitrogens with one attached hydrogen (secondary N) is 1. The second-order valence-corrected chi connectivity index (χ2v) is 5.15. The van der Waals surface area contributed by atoms with Crippen molar-refractivity contribution < 1.29 is 9.90 Å². The highest BCUT2D eigenvalue weighted by atomic mass is 35.5. The molecule has 1 aromatic rings. The number of benzene rings is 1. The lowest BCUT2D eigenvalue weighted by atomic mass is 10.2. The van der Waals surface area contributed by atoms with Gasteiger partial charge in [-0.3, -0.25) is 9.69 Å². The molecule has 1 unspecified atom stereocenters. The molecule has 106 valence electrons. The molecule has 2 N–H and O–H groups in total. The van der Waals surface area contributed by atoms with Crippen molar-refractivity contribution in [3.63, 3.8) is 0 Å². The lowest BCUT2D eigenvalue weighted by Crippen LogP contribution is -2.35. The van der Waals surface area contributed by atoms with E-state index in [-0.39, 0.29) is 12.0 Å². The van der Waals surface area contributed by atoms with Gasteiger partial charge in [0, 0.05) is 18.1 Å². The summed E-state index contributed by atoms with van der Waals surface area (Å²) in [5, 5.41) is 12.7. The van der Waals surface area contributed by atoms with Gasteiger partial charge in [0.15, 0.2) is 0 Å². The van der Waals surface area contributed by atoms with Gasteiger partial charge >= 0.3 is 0 Å². The van der Waals surface area contributed by atoms with Gasteiger partial charge < -0.3 is 10.4 Å². The van der Waals surface area contributed by atoms with Crippen LogP contribution in [0.25, 0.3) is 0 Å². The van der Waals surface area contributed by atoms with Crippen LogP contribution in [0, 0.1) is 0 Å². The first-order chi connectivity index (χ1) is 8.99. The zero-order valence-electron chi connectivity index (χ0n) is 11.4. The molecule has 1 rings (SSSR count). The molecule has 0 saturated heterocycles. The Morgan fingerprint density at radius 3 is 2.79 bits per heavy atom. The van der Waals surface area contributed by atoms with Gasteiger partial charge in [-0.2, -0.15) is 0 Å². The normalized spacial score (nSPS) is 12.5. The Hall–Kier alpha value is -1.10. The highest BCUT2D eigenvalue weighted by Crippen LogP contribution is 2.14. The first-order valence-electron chi connectivity index (χ1n) is 6.35. The van der Waals surface area contributed by atoms with Crippen LogP contribution in [0.1, 0.15) is 18.9 Å². The first-order valence-corrected chi connectivity index (χ1v) is 6.73. The number of carbonyl (C=O) groups excluding carboxylic acids is 1. The summed E-state index contributed by atoms with van der Waals surface area (Å²) in [6.45, 7) is 3.18. The minimum atomic E-state index is -0.339. The van der Waals surface area contributed by atoms with E-state index < -0.39 is 0 Å². The molecule has 0 heterocycles. The third-order valence-corrected chi connectivity index (χ3v) is 3.14. The fourth-order valence-corrected chi connectivity index (χ4v) is 1.83. The third kappa shape index (κ3) is 6.57. The molecule has 0 saturated carbocycles. The maximum atomic E-state index is 11.7. The van der Waals surface area contributed by atoms with E-state index in [0.717, 1.165) is 5.56 Å².